The van der Waals surface area contributed by atoms with E-state index in [4.69, 9.17) is 5.73 Å². The SMILES string of the molecule is CCC(C)(CC)NC(=O)C(C)CN. The molecular weight excluding hydrogens is 164 g/mol. The smallest absolute Gasteiger partial charge is 0.224 e. The van der Waals surface area contributed by atoms with E-state index in [-0.39, 0.29) is 17.4 Å². The molecule has 3 nitrogen and oxygen atoms in total. The highest BCUT2D eigenvalue weighted by Gasteiger charge is 2.23. The van der Waals surface area contributed by atoms with Crippen LogP contribution in [0.5, 0.6) is 0 Å². The predicted molar refractivity (Wildman–Crippen MR) is 55.3 cm³/mol. The minimum absolute atomic E-state index is 0.0636. The summed E-state index contributed by atoms with van der Waals surface area (Å²) in [6.45, 7) is 8.48. The highest BCUT2D eigenvalue weighted by molar-refractivity contribution is 5.79. The minimum Gasteiger partial charge on any atom is -0.351 e. The summed E-state index contributed by atoms with van der Waals surface area (Å²) in [4.78, 5) is 11.5. The molecule has 0 fully saturated rings. The molecule has 3 N–H and O–H groups in total. The van der Waals surface area contributed by atoms with Crippen LogP contribution in [0.15, 0.2) is 0 Å². The van der Waals surface area contributed by atoms with Crippen LogP contribution >= 0.6 is 0 Å². The summed E-state index contributed by atoms with van der Waals surface area (Å²) in [6.07, 6.45) is 1.90. The van der Waals surface area contributed by atoms with Gasteiger partial charge in [0.25, 0.3) is 0 Å². The number of rotatable bonds is 5. The van der Waals surface area contributed by atoms with Crippen LogP contribution < -0.4 is 11.1 Å². The van der Waals surface area contributed by atoms with Gasteiger partial charge in [0.1, 0.15) is 0 Å². The van der Waals surface area contributed by atoms with Crippen LogP contribution in [0.2, 0.25) is 0 Å². The van der Waals surface area contributed by atoms with Crippen LogP contribution in [-0.2, 0) is 4.79 Å². The van der Waals surface area contributed by atoms with E-state index in [1.165, 1.54) is 0 Å². The van der Waals surface area contributed by atoms with Gasteiger partial charge in [-0.25, -0.2) is 0 Å². The van der Waals surface area contributed by atoms with Crippen molar-refractivity contribution in [3.05, 3.63) is 0 Å². The van der Waals surface area contributed by atoms with Gasteiger partial charge in [0.2, 0.25) is 5.91 Å². The largest absolute Gasteiger partial charge is 0.351 e. The molecule has 0 bridgehead atoms. The number of hydrogen-bond donors (Lipinski definition) is 2. The molecule has 0 aliphatic rings. The maximum atomic E-state index is 11.5. The molecule has 0 rings (SSSR count). The first-order chi connectivity index (χ1) is 5.99. The third-order valence-electron chi connectivity index (χ3n) is 2.79. The van der Waals surface area contributed by atoms with Crippen molar-refractivity contribution in [2.24, 2.45) is 11.7 Å². The molecule has 78 valence electrons. The molecule has 0 radical (unpaired) electrons. The highest BCUT2D eigenvalue weighted by Crippen LogP contribution is 2.14. The number of nitrogens with one attached hydrogen (secondary N) is 1. The summed E-state index contributed by atoms with van der Waals surface area (Å²) < 4.78 is 0. The van der Waals surface area contributed by atoms with Crippen molar-refractivity contribution in [3.8, 4) is 0 Å². The van der Waals surface area contributed by atoms with Crippen molar-refractivity contribution < 1.29 is 4.79 Å². The van der Waals surface area contributed by atoms with Crippen LogP contribution in [0.25, 0.3) is 0 Å². The molecule has 0 aliphatic heterocycles. The first kappa shape index (κ1) is 12.4. The average Bonchev–Trinajstić information content (AvgIpc) is 2.16. The topological polar surface area (TPSA) is 55.1 Å². The Labute approximate surface area is 81.1 Å². The lowest BCUT2D eigenvalue weighted by Crippen LogP contribution is -2.48. The number of nitrogens with two attached hydrogens (primary N) is 1. The van der Waals surface area contributed by atoms with Crippen molar-refractivity contribution in [3.63, 3.8) is 0 Å². The van der Waals surface area contributed by atoms with E-state index in [2.05, 4.69) is 26.1 Å². The molecule has 0 spiro atoms. The number of hydrogen-bond acceptors (Lipinski definition) is 2. The summed E-state index contributed by atoms with van der Waals surface area (Å²) in [6, 6.07) is 0. The maximum Gasteiger partial charge on any atom is 0.224 e. The Morgan fingerprint density at radius 1 is 1.46 bits per heavy atom. The van der Waals surface area contributed by atoms with E-state index >= 15 is 0 Å². The molecule has 1 amide bonds. The van der Waals surface area contributed by atoms with Crippen LogP contribution in [0.1, 0.15) is 40.5 Å². The summed E-state index contributed by atoms with van der Waals surface area (Å²) >= 11 is 0. The molecule has 0 aromatic rings. The fourth-order valence-corrected chi connectivity index (χ4v) is 0.954. The summed E-state index contributed by atoms with van der Waals surface area (Å²) in [5.74, 6) is -0.0221. The van der Waals surface area contributed by atoms with E-state index in [9.17, 15) is 4.79 Å². The van der Waals surface area contributed by atoms with Gasteiger partial charge in [0.05, 0.1) is 0 Å². The van der Waals surface area contributed by atoms with Crippen molar-refractivity contribution in [2.75, 3.05) is 6.54 Å². The molecule has 13 heavy (non-hydrogen) atoms. The zero-order valence-electron chi connectivity index (χ0n) is 9.18. The Kier molecular flexibility index (Phi) is 4.99. The second-order valence-corrected chi connectivity index (χ2v) is 3.89. The molecule has 0 aromatic carbocycles. The summed E-state index contributed by atoms with van der Waals surface area (Å²) in [7, 11) is 0. The van der Waals surface area contributed by atoms with E-state index in [1.54, 1.807) is 0 Å². The molecule has 0 saturated heterocycles. The Hall–Kier alpha value is -0.570. The second kappa shape index (κ2) is 5.22. The van der Waals surface area contributed by atoms with E-state index in [1.807, 2.05) is 6.92 Å². The second-order valence-electron chi connectivity index (χ2n) is 3.89. The molecule has 1 atom stereocenters. The third-order valence-corrected chi connectivity index (χ3v) is 2.79. The Morgan fingerprint density at radius 2 is 1.92 bits per heavy atom. The highest BCUT2D eigenvalue weighted by atomic mass is 16.2. The molecule has 0 saturated carbocycles. The Balaban J connectivity index is 4.17. The summed E-state index contributed by atoms with van der Waals surface area (Å²) in [5.41, 5.74) is 5.34. The molecular formula is C10H22N2O. The van der Waals surface area contributed by atoms with Gasteiger partial charge in [-0.2, -0.15) is 0 Å². The van der Waals surface area contributed by atoms with Crippen molar-refractivity contribution in [1.29, 1.82) is 0 Å². The first-order valence-corrected chi connectivity index (χ1v) is 5.01. The van der Waals surface area contributed by atoms with Crippen LogP contribution in [0, 0.1) is 5.92 Å². The van der Waals surface area contributed by atoms with Gasteiger partial charge >= 0.3 is 0 Å². The first-order valence-electron chi connectivity index (χ1n) is 5.01. The van der Waals surface area contributed by atoms with Gasteiger partial charge in [-0.05, 0) is 19.8 Å². The van der Waals surface area contributed by atoms with Crippen molar-refractivity contribution >= 4 is 5.91 Å². The summed E-state index contributed by atoms with van der Waals surface area (Å²) in [5, 5.41) is 3.02. The lowest BCUT2D eigenvalue weighted by Gasteiger charge is -2.29. The van der Waals surface area contributed by atoms with E-state index in [0.717, 1.165) is 12.8 Å². The third kappa shape index (κ3) is 3.77. The van der Waals surface area contributed by atoms with E-state index in [0.29, 0.717) is 6.54 Å². The maximum absolute atomic E-state index is 11.5. The number of carbonyl (C=O) groups excluding carboxylic acids is 1. The molecule has 0 heterocycles. The monoisotopic (exact) mass is 186 g/mol. The van der Waals surface area contributed by atoms with Crippen LogP contribution in [0.3, 0.4) is 0 Å². The van der Waals surface area contributed by atoms with Crippen molar-refractivity contribution in [2.45, 2.75) is 46.1 Å². The zero-order chi connectivity index (χ0) is 10.5. The number of amides is 1. The molecule has 0 aliphatic carbocycles. The lowest BCUT2D eigenvalue weighted by atomic mass is 9.94. The fraction of sp³-hybridized carbons (Fsp3) is 0.900. The van der Waals surface area contributed by atoms with Gasteiger partial charge < -0.3 is 11.1 Å². The van der Waals surface area contributed by atoms with E-state index < -0.39 is 0 Å². The molecule has 0 aromatic heterocycles. The Morgan fingerprint density at radius 3 is 2.23 bits per heavy atom. The van der Waals surface area contributed by atoms with Gasteiger partial charge in [-0.15, -0.1) is 0 Å². The molecule has 3 heteroatoms. The number of carbonyl (C=O) groups is 1. The minimum atomic E-state index is -0.0857. The molecule has 1 unspecified atom stereocenters. The van der Waals surface area contributed by atoms with Gasteiger partial charge in [0, 0.05) is 18.0 Å². The standard InChI is InChI=1S/C10H22N2O/c1-5-10(4,6-2)12-9(13)8(3)7-11/h8H,5-7,11H2,1-4H3,(H,12,13). The normalized spacial score (nSPS) is 13.9. The van der Waals surface area contributed by atoms with Crippen LogP contribution in [-0.4, -0.2) is 18.0 Å². The van der Waals surface area contributed by atoms with Gasteiger partial charge in [-0.3, -0.25) is 4.79 Å². The lowest BCUT2D eigenvalue weighted by molar-refractivity contribution is -0.126. The van der Waals surface area contributed by atoms with Crippen LogP contribution in [0.4, 0.5) is 0 Å². The van der Waals surface area contributed by atoms with Crippen molar-refractivity contribution in [1.82, 2.24) is 5.32 Å². The zero-order valence-corrected chi connectivity index (χ0v) is 9.18. The van der Waals surface area contributed by atoms with Gasteiger partial charge in [-0.1, -0.05) is 20.8 Å². The van der Waals surface area contributed by atoms with Gasteiger partial charge in [0.15, 0.2) is 0 Å². The predicted octanol–water partition coefficient (Wildman–Crippen LogP) is 1.28. The fourth-order valence-electron chi connectivity index (χ4n) is 0.954. The quantitative estimate of drug-likeness (QED) is 0.679. The Bertz CT molecular complexity index is 164. The average molecular weight is 186 g/mol.